The number of benzene rings is 2. The van der Waals surface area contributed by atoms with E-state index in [2.05, 4.69) is 4.98 Å². The molecular weight excluding hydrogens is 391 g/mol. The molecule has 0 bridgehead atoms. The van der Waals surface area contributed by atoms with E-state index in [1.807, 2.05) is 6.07 Å². The molecule has 0 radical (unpaired) electrons. The average molecular weight is 405 g/mol. The van der Waals surface area contributed by atoms with Crippen LogP contribution in [-0.2, 0) is 13.6 Å². The largest absolute Gasteiger partial charge is 0.363 e. The van der Waals surface area contributed by atoms with Crippen molar-refractivity contribution < 1.29 is 18.5 Å². The van der Waals surface area contributed by atoms with Crippen molar-refractivity contribution in [3.05, 3.63) is 75.4 Å². The number of para-hydroxylation sites is 1. The number of rotatable bonds is 3. The number of hydrogen-bond donors (Lipinski definition) is 0. The molecule has 1 aliphatic heterocycles. The first-order chi connectivity index (χ1) is 13.0. The van der Waals surface area contributed by atoms with Gasteiger partial charge < -0.3 is 4.52 Å². The monoisotopic (exact) mass is 404 g/mol. The van der Waals surface area contributed by atoms with Gasteiger partial charge in [-0.05, 0) is 23.8 Å². The maximum Gasteiger partial charge on any atom is 0.363 e. The fourth-order valence-corrected chi connectivity index (χ4v) is 4.97. The van der Waals surface area contributed by atoms with E-state index in [0.29, 0.717) is 16.8 Å². The second-order valence-corrected chi connectivity index (χ2v) is 8.48. The molecule has 0 amide bonds. The molecule has 1 fully saturated rings. The summed E-state index contributed by atoms with van der Waals surface area (Å²) in [6, 6.07) is 13.3. The Morgan fingerprint density at radius 3 is 2.81 bits per heavy atom. The summed E-state index contributed by atoms with van der Waals surface area (Å²) < 4.78 is 24.6. The van der Waals surface area contributed by atoms with E-state index in [9.17, 15) is 14.7 Å². The molecule has 7 nitrogen and oxygen atoms in total. The minimum atomic E-state index is -3.62. The Morgan fingerprint density at radius 1 is 1.22 bits per heavy atom. The lowest BCUT2D eigenvalue weighted by Crippen LogP contribution is -2.20. The van der Waals surface area contributed by atoms with Crippen molar-refractivity contribution in [2.24, 2.45) is 0 Å². The van der Waals surface area contributed by atoms with Crippen LogP contribution < -0.4 is 5.30 Å². The fraction of sp³-hybridized carbons (Fsp3) is 0.167. The van der Waals surface area contributed by atoms with Gasteiger partial charge in [0, 0.05) is 29.1 Å². The molecule has 2 heterocycles. The Labute approximate surface area is 159 Å². The van der Waals surface area contributed by atoms with Crippen LogP contribution in [0.2, 0.25) is 5.02 Å². The highest BCUT2D eigenvalue weighted by Gasteiger charge is 2.37. The second kappa shape index (κ2) is 7.02. The van der Waals surface area contributed by atoms with Crippen LogP contribution in [-0.4, -0.2) is 16.5 Å². The summed E-state index contributed by atoms with van der Waals surface area (Å²) in [5, 5.41) is 12.5. The van der Waals surface area contributed by atoms with Crippen molar-refractivity contribution in [1.82, 2.24) is 4.98 Å². The highest BCUT2D eigenvalue weighted by molar-refractivity contribution is 7.62. The number of nitro groups is 1. The number of aromatic nitrogens is 1. The van der Waals surface area contributed by atoms with Crippen LogP contribution in [0.5, 0.6) is 0 Å². The molecule has 0 N–H and O–H groups in total. The van der Waals surface area contributed by atoms with Gasteiger partial charge >= 0.3 is 7.60 Å². The van der Waals surface area contributed by atoms with E-state index in [-0.39, 0.29) is 23.1 Å². The molecule has 0 saturated carbocycles. The number of pyridine rings is 1. The van der Waals surface area contributed by atoms with Crippen LogP contribution in [0.25, 0.3) is 10.9 Å². The van der Waals surface area contributed by atoms with Crippen LogP contribution in [0, 0.1) is 10.1 Å². The molecule has 1 aliphatic rings. The zero-order valence-electron chi connectivity index (χ0n) is 13.9. The van der Waals surface area contributed by atoms with E-state index in [1.165, 1.54) is 12.3 Å². The Hall–Kier alpha value is -2.31. The van der Waals surface area contributed by atoms with E-state index in [4.69, 9.17) is 20.6 Å². The lowest BCUT2D eigenvalue weighted by molar-refractivity contribution is -0.383. The van der Waals surface area contributed by atoms with Gasteiger partial charge in [0.25, 0.3) is 5.69 Å². The van der Waals surface area contributed by atoms with Crippen LogP contribution in [0.3, 0.4) is 0 Å². The van der Waals surface area contributed by atoms with Gasteiger partial charge in [-0.3, -0.25) is 19.2 Å². The van der Waals surface area contributed by atoms with Gasteiger partial charge in [-0.2, -0.15) is 0 Å². The third-order valence-corrected chi connectivity index (χ3v) is 6.48. The van der Waals surface area contributed by atoms with Gasteiger partial charge in [-0.25, -0.2) is 4.98 Å². The topological polar surface area (TPSA) is 91.6 Å². The predicted molar refractivity (Wildman–Crippen MR) is 101 cm³/mol. The first kappa shape index (κ1) is 18.1. The molecule has 1 unspecified atom stereocenters. The molecule has 0 aliphatic carbocycles. The molecule has 1 saturated heterocycles. The Kier molecular flexibility index (Phi) is 4.70. The summed E-state index contributed by atoms with van der Waals surface area (Å²) in [5.74, 6) is 0. The van der Waals surface area contributed by atoms with Gasteiger partial charge in [-0.1, -0.05) is 35.9 Å². The van der Waals surface area contributed by atoms with E-state index >= 15 is 0 Å². The summed E-state index contributed by atoms with van der Waals surface area (Å²) in [6.07, 6.45) is 1.43. The first-order valence-electron chi connectivity index (χ1n) is 8.18. The number of halogens is 1. The normalized spacial score (nSPS) is 22.6. The standard InChI is InChI=1S/C18H14ClN2O5P/c19-14-5-1-3-12(9-14)17-7-8-25-27(24,26-17)15-10-13-4-2-6-16(21(22)23)18(13)20-11-15/h1-6,9-11,17H,7-8H2/t17-,27?/m1/s1. The van der Waals surface area contributed by atoms with Crippen LogP contribution in [0.4, 0.5) is 5.69 Å². The lowest BCUT2D eigenvalue weighted by atomic mass is 10.1. The van der Waals surface area contributed by atoms with Gasteiger partial charge in [0.05, 0.1) is 22.9 Å². The van der Waals surface area contributed by atoms with Crippen molar-refractivity contribution in [2.45, 2.75) is 12.5 Å². The quantitative estimate of drug-likeness (QED) is 0.354. The Balaban J connectivity index is 1.71. The van der Waals surface area contributed by atoms with Gasteiger partial charge in [0.15, 0.2) is 0 Å². The molecule has 2 atom stereocenters. The van der Waals surface area contributed by atoms with Crippen molar-refractivity contribution in [3.8, 4) is 0 Å². The smallest absolute Gasteiger partial charge is 0.305 e. The van der Waals surface area contributed by atoms with Crippen molar-refractivity contribution >= 4 is 41.1 Å². The summed E-state index contributed by atoms with van der Waals surface area (Å²) >= 11 is 6.04. The summed E-state index contributed by atoms with van der Waals surface area (Å²) in [4.78, 5) is 14.8. The Bertz CT molecular complexity index is 1090. The maximum absolute atomic E-state index is 13.3. The minimum absolute atomic E-state index is 0.111. The van der Waals surface area contributed by atoms with E-state index in [1.54, 1.807) is 36.4 Å². The van der Waals surface area contributed by atoms with Crippen LogP contribution in [0.15, 0.2) is 54.7 Å². The fourth-order valence-electron chi connectivity index (χ4n) is 3.03. The molecule has 4 rings (SSSR count). The first-order valence-corrected chi connectivity index (χ1v) is 10.1. The zero-order chi connectivity index (χ0) is 19.0. The van der Waals surface area contributed by atoms with Gasteiger partial charge in [-0.15, -0.1) is 0 Å². The van der Waals surface area contributed by atoms with Crippen LogP contribution >= 0.6 is 19.2 Å². The third-order valence-electron chi connectivity index (χ3n) is 4.32. The van der Waals surface area contributed by atoms with Gasteiger partial charge in [0.2, 0.25) is 0 Å². The lowest BCUT2D eigenvalue weighted by Gasteiger charge is -2.30. The van der Waals surface area contributed by atoms with Crippen molar-refractivity contribution in [3.63, 3.8) is 0 Å². The van der Waals surface area contributed by atoms with Crippen LogP contribution in [0.1, 0.15) is 18.1 Å². The zero-order valence-corrected chi connectivity index (χ0v) is 15.6. The molecule has 9 heteroatoms. The van der Waals surface area contributed by atoms with Gasteiger partial charge in [0.1, 0.15) is 5.52 Å². The minimum Gasteiger partial charge on any atom is -0.305 e. The highest BCUT2D eigenvalue weighted by atomic mass is 35.5. The molecule has 0 spiro atoms. The summed E-state index contributed by atoms with van der Waals surface area (Å²) in [7, 11) is -3.62. The van der Waals surface area contributed by atoms with Crippen molar-refractivity contribution in [2.75, 3.05) is 6.61 Å². The number of nitro benzene ring substituents is 1. The molecule has 1 aromatic heterocycles. The molecule has 2 aromatic carbocycles. The summed E-state index contributed by atoms with van der Waals surface area (Å²) in [5.41, 5.74) is 0.927. The third kappa shape index (κ3) is 3.47. The number of hydrogen-bond acceptors (Lipinski definition) is 6. The average Bonchev–Trinajstić information content (AvgIpc) is 2.67. The maximum atomic E-state index is 13.3. The number of fused-ring (bicyclic) bond motifs is 1. The number of non-ortho nitro benzene ring substituents is 1. The molecule has 27 heavy (non-hydrogen) atoms. The number of nitrogens with zero attached hydrogens (tertiary/aromatic N) is 2. The molecule has 3 aromatic rings. The Morgan fingerprint density at radius 2 is 2.04 bits per heavy atom. The summed E-state index contributed by atoms with van der Waals surface area (Å²) in [6.45, 7) is 0.251. The molecule has 138 valence electrons. The van der Waals surface area contributed by atoms with E-state index < -0.39 is 18.6 Å². The second-order valence-electron chi connectivity index (χ2n) is 6.07. The highest BCUT2D eigenvalue weighted by Crippen LogP contribution is 2.55. The molecular formula is C18H14ClN2O5P. The SMILES string of the molecule is O=[N+]([O-])c1cccc2cc(P3(=O)OCC[C@H](c4cccc(Cl)c4)O3)cnc12. The predicted octanol–water partition coefficient (Wildman–Crippen LogP) is 4.79. The van der Waals surface area contributed by atoms with E-state index in [0.717, 1.165) is 5.56 Å². The van der Waals surface area contributed by atoms with Crippen molar-refractivity contribution in [1.29, 1.82) is 0 Å².